The molecule has 0 atom stereocenters. The minimum Gasteiger partial charge on any atom is -0.338 e. The van der Waals surface area contributed by atoms with Crippen molar-refractivity contribution in [2.24, 2.45) is 0 Å². The first-order valence-electron chi connectivity index (χ1n) is 13.5. The van der Waals surface area contributed by atoms with E-state index in [1.807, 2.05) is 49.1 Å². The summed E-state index contributed by atoms with van der Waals surface area (Å²) in [5.41, 5.74) is 4.53. The first-order valence-corrected chi connectivity index (χ1v) is 13.5. The van der Waals surface area contributed by atoms with Crippen LogP contribution in [-0.2, 0) is 12.8 Å². The van der Waals surface area contributed by atoms with Gasteiger partial charge in [0.2, 0.25) is 0 Å². The standard InChI is InChI=1S/C23H30N4O2.2C3H8.C2H2/c1-3-18-16-21(26-23(29)25-4-2)19(14-17-8-6-5-7-9-17)15-20(18)22(28)27-12-10-24-11-13-27;2*1-3-2;1-2/h5-9,15-16,24H,3-4,10-14H2,1-2H3,(H2,25,26,29);2*3H2,1-2H3;1-2H. The predicted octanol–water partition coefficient (Wildman–Crippen LogP) is 6.11. The number of aryl methyl sites for hydroxylation is 1. The van der Waals surface area contributed by atoms with Crippen molar-refractivity contribution in [3.05, 3.63) is 64.7 Å². The van der Waals surface area contributed by atoms with Gasteiger partial charge in [0.25, 0.3) is 5.91 Å². The van der Waals surface area contributed by atoms with Crippen molar-refractivity contribution in [2.75, 3.05) is 38.0 Å². The molecule has 2 aromatic rings. The van der Waals surface area contributed by atoms with E-state index in [2.05, 4.69) is 68.6 Å². The number of urea groups is 1. The number of piperazine rings is 1. The van der Waals surface area contributed by atoms with E-state index in [4.69, 9.17) is 0 Å². The first-order chi connectivity index (χ1) is 17.9. The molecule has 37 heavy (non-hydrogen) atoms. The maximum absolute atomic E-state index is 13.2. The highest BCUT2D eigenvalue weighted by Crippen LogP contribution is 2.26. The van der Waals surface area contributed by atoms with Crippen LogP contribution in [0.1, 0.15) is 81.4 Å². The van der Waals surface area contributed by atoms with Gasteiger partial charge in [0.05, 0.1) is 0 Å². The largest absolute Gasteiger partial charge is 0.338 e. The molecule has 1 saturated heterocycles. The third kappa shape index (κ3) is 12.5. The van der Waals surface area contributed by atoms with Gasteiger partial charge in [-0.15, -0.1) is 12.8 Å². The molecule has 1 heterocycles. The summed E-state index contributed by atoms with van der Waals surface area (Å²) in [4.78, 5) is 27.3. The molecule has 2 aromatic carbocycles. The number of anilines is 1. The van der Waals surface area contributed by atoms with Gasteiger partial charge in [0, 0.05) is 44.0 Å². The Morgan fingerprint density at radius 2 is 1.46 bits per heavy atom. The Morgan fingerprint density at radius 1 is 0.892 bits per heavy atom. The number of terminal acetylenes is 1. The van der Waals surface area contributed by atoms with Gasteiger partial charge in [0.1, 0.15) is 0 Å². The molecule has 6 heteroatoms. The van der Waals surface area contributed by atoms with Crippen LogP contribution in [0.3, 0.4) is 0 Å². The van der Waals surface area contributed by atoms with Crippen molar-refractivity contribution in [3.8, 4) is 12.8 Å². The van der Waals surface area contributed by atoms with Crippen molar-refractivity contribution in [1.82, 2.24) is 15.5 Å². The molecule has 0 radical (unpaired) electrons. The Bertz CT molecular complexity index is 918. The topological polar surface area (TPSA) is 73.5 Å². The molecular weight excluding hydrogens is 460 g/mol. The molecule has 0 saturated carbocycles. The molecule has 1 aliphatic heterocycles. The van der Waals surface area contributed by atoms with Crippen LogP contribution in [-0.4, -0.2) is 49.6 Å². The van der Waals surface area contributed by atoms with E-state index in [0.717, 1.165) is 60.5 Å². The van der Waals surface area contributed by atoms with Crippen molar-refractivity contribution in [2.45, 2.75) is 67.2 Å². The van der Waals surface area contributed by atoms with Crippen molar-refractivity contribution in [1.29, 1.82) is 0 Å². The summed E-state index contributed by atoms with van der Waals surface area (Å²) < 4.78 is 0. The molecule has 0 unspecified atom stereocenters. The van der Waals surface area contributed by atoms with Gasteiger partial charge in [-0.3, -0.25) is 4.79 Å². The second-order valence-electron chi connectivity index (χ2n) is 8.62. The second kappa shape index (κ2) is 20.8. The van der Waals surface area contributed by atoms with Crippen LogP contribution >= 0.6 is 0 Å². The molecule has 0 bridgehead atoms. The van der Waals surface area contributed by atoms with E-state index in [0.29, 0.717) is 13.0 Å². The third-order valence-corrected chi connectivity index (χ3v) is 5.17. The number of carbonyl (C=O) groups is 2. The molecule has 204 valence electrons. The highest BCUT2D eigenvalue weighted by atomic mass is 16.2. The van der Waals surface area contributed by atoms with E-state index in [1.165, 1.54) is 12.8 Å². The SMILES string of the molecule is C#C.CCC.CCC.CCNC(=O)Nc1cc(CC)c(C(=O)N2CCNCC2)cc1Cc1ccccc1. The summed E-state index contributed by atoms with van der Waals surface area (Å²) in [6.07, 6.45) is 11.9. The zero-order valence-electron chi connectivity index (χ0n) is 23.8. The summed E-state index contributed by atoms with van der Waals surface area (Å²) >= 11 is 0. The number of nitrogens with zero attached hydrogens (tertiary/aromatic N) is 1. The fourth-order valence-electron chi connectivity index (χ4n) is 3.62. The highest BCUT2D eigenvalue weighted by molar-refractivity contribution is 5.98. The lowest BCUT2D eigenvalue weighted by molar-refractivity contribution is 0.0734. The van der Waals surface area contributed by atoms with Crippen molar-refractivity contribution in [3.63, 3.8) is 0 Å². The average Bonchev–Trinajstić information content (AvgIpc) is 2.92. The van der Waals surface area contributed by atoms with Crippen LogP contribution in [0, 0.1) is 12.8 Å². The molecule has 3 N–H and O–H groups in total. The van der Waals surface area contributed by atoms with Gasteiger partial charge in [-0.2, -0.15) is 0 Å². The molecule has 1 fully saturated rings. The number of amides is 3. The van der Waals surface area contributed by atoms with Crippen LogP contribution < -0.4 is 16.0 Å². The Morgan fingerprint density at radius 3 is 1.97 bits per heavy atom. The van der Waals surface area contributed by atoms with Crippen LogP contribution in [0.25, 0.3) is 0 Å². The summed E-state index contributed by atoms with van der Waals surface area (Å²) in [6, 6.07) is 13.8. The molecule has 0 aliphatic carbocycles. The first kappa shape index (κ1) is 33.7. The maximum atomic E-state index is 13.2. The number of carbonyl (C=O) groups excluding carboxylic acids is 2. The number of rotatable bonds is 6. The number of hydrogen-bond donors (Lipinski definition) is 3. The number of benzene rings is 2. The summed E-state index contributed by atoms with van der Waals surface area (Å²) in [5, 5.41) is 9.03. The van der Waals surface area contributed by atoms with E-state index < -0.39 is 0 Å². The molecule has 3 rings (SSSR count). The lowest BCUT2D eigenvalue weighted by Gasteiger charge is -2.28. The molecule has 0 aromatic heterocycles. The zero-order valence-corrected chi connectivity index (χ0v) is 23.8. The lowest BCUT2D eigenvalue weighted by Crippen LogP contribution is -2.46. The molecule has 0 spiro atoms. The van der Waals surface area contributed by atoms with Crippen LogP contribution in [0.4, 0.5) is 10.5 Å². The average molecular weight is 509 g/mol. The Balaban J connectivity index is 0.00000145. The minimum atomic E-state index is -0.231. The van der Waals surface area contributed by atoms with Crippen molar-refractivity contribution < 1.29 is 9.59 Å². The molecule has 3 amide bonds. The fourth-order valence-corrected chi connectivity index (χ4v) is 3.62. The van der Waals surface area contributed by atoms with Gasteiger partial charge >= 0.3 is 6.03 Å². The van der Waals surface area contributed by atoms with Gasteiger partial charge in [-0.05, 0) is 48.6 Å². The number of hydrogen-bond acceptors (Lipinski definition) is 3. The van der Waals surface area contributed by atoms with E-state index in [-0.39, 0.29) is 11.9 Å². The Labute approximate surface area is 225 Å². The Kier molecular flexibility index (Phi) is 19.0. The smallest absolute Gasteiger partial charge is 0.319 e. The van der Waals surface area contributed by atoms with E-state index in [9.17, 15) is 9.59 Å². The summed E-state index contributed by atoms with van der Waals surface area (Å²) in [7, 11) is 0. The number of nitrogens with one attached hydrogen (secondary N) is 3. The summed E-state index contributed by atoms with van der Waals surface area (Å²) in [5.74, 6) is 0.0715. The van der Waals surface area contributed by atoms with Gasteiger partial charge in [-0.1, -0.05) is 77.8 Å². The van der Waals surface area contributed by atoms with E-state index in [1.54, 1.807) is 0 Å². The van der Waals surface area contributed by atoms with Crippen LogP contribution in [0.2, 0.25) is 0 Å². The Hall–Kier alpha value is -3.30. The summed E-state index contributed by atoms with van der Waals surface area (Å²) in [6.45, 7) is 16.1. The normalized spacial score (nSPS) is 11.8. The van der Waals surface area contributed by atoms with Gasteiger partial charge < -0.3 is 20.9 Å². The van der Waals surface area contributed by atoms with Gasteiger partial charge in [-0.25, -0.2) is 4.79 Å². The molecule has 1 aliphatic rings. The monoisotopic (exact) mass is 508 g/mol. The fraction of sp³-hybridized carbons (Fsp3) is 0.484. The third-order valence-electron chi connectivity index (χ3n) is 5.17. The quantitative estimate of drug-likeness (QED) is 0.412. The maximum Gasteiger partial charge on any atom is 0.319 e. The predicted molar refractivity (Wildman–Crippen MR) is 158 cm³/mol. The van der Waals surface area contributed by atoms with Gasteiger partial charge in [0.15, 0.2) is 0 Å². The molecule has 6 nitrogen and oxygen atoms in total. The minimum absolute atomic E-state index is 0.0715. The second-order valence-corrected chi connectivity index (χ2v) is 8.62. The highest BCUT2D eigenvalue weighted by Gasteiger charge is 2.22. The van der Waals surface area contributed by atoms with E-state index >= 15 is 0 Å². The lowest BCUT2D eigenvalue weighted by atomic mass is 9.95. The van der Waals surface area contributed by atoms with Crippen LogP contribution in [0.5, 0.6) is 0 Å². The van der Waals surface area contributed by atoms with Crippen molar-refractivity contribution >= 4 is 17.6 Å². The molecular formula is C31H48N4O2. The van der Waals surface area contributed by atoms with Crippen LogP contribution in [0.15, 0.2) is 42.5 Å². The zero-order chi connectivity index (χ0) is 28.1.